The van der Waals surface area contributed by atoms with Gasteiger partial charge in [0.15, 0.2) is 5.13 Å². The second-order valence-electron chi connectivity index (χ2n) is 5.44. The molecule has 2 heterocycles. The maximum Gasteiger partial charge on any atom is 0.248 e. The number of nitrogens with one attached hydrogen (secondary N) is 1. The molecule has 120 valence electrons. The molecule has 0 saturated heterocycles. The third-order valence-electron chi connectivity index (χ3n) is 3.86. The van der Waals surface area contributed by atoms with Crippen molar-refractivity contribution in [2.24, 2.45) is 0 Å². The van der Waals surface area contributed by atoms with Gasteiger partial charge >= 0.3 is 0 Å². The average Bonchev–Trinajstić information content (AvgIpc) is 3.17. The van der Waals surface area contributed by atoms with Crippen LogP contribution in [0.15, 0.2) is 48.8 Å². The Hall–Kier alpha value is -2.80. The Balaban J connectivity index is 1.60. The molecule has 2 aromatic carbocycles. The third-order valence-corrected chi connectivity index (χ3v) is 4.79. The smallest absolute Gasteiger partial charge is 0.248 e. The van der Waals surface area contributed by atoms with E-state index in [9.17, 15) is 9.18 Å². The van der Waals surface area contributed by atoms with E-state index in [2.05, 4.69) is 15.3 Å². The number of thiazole rings is 1. The van der Waals surface area contributed by atoms with Gasteiger partial charge in [0.05, 0.1) is 27.6 Å². The zero-order valence-corrected chi connectivity index (χ0v) is 13.5. The summed E-state index contributed by atoms with van der Waals surface area (Å²) >= 11 is 1.25. The first kappa shape index (κ1) is 14.8. The zero-order valence-electron chi connectivity index (χ0n) is 12.7. The van der Waals surface area contributed by atoms with Crippen LogP contribution in [0.1, 0.15) is 13.0 Å². The maximum absolute atomic E-state index is 13.3. The summed E-state index contributed by atoms with van der Waals surface area (Å²) in [5.41, 5.74) is 2.40. The number of hydrogen-bond acceptors (Lipinski definition) is 4. The Morgan fingerprint density at radius 2 is 2.08 bits per heavy atom. The van der Waals surface area contributed by atoms with Gasteiger partial charge in [0.25, 0.3) is 0 Å². The van der Waals surface area contributed by atoms with E-state index in [0.717, 1.165) is 11.0 Å². The highest BCUT2D eigenvalue weighted by Gasteiger charge is 2.18. The van der Waals surface area contributed by atoms with Crippen LogP contribution in [-0.4, -0.2) is 20.4 Å². The number of rotatable bonds is 3. The predicted octanol–water partition coefficient (Wildman–Crippen LogP) is 3.98. The molecule has 0 fully saturated rings. The minimum absolute atomic E-state index is 0.197. The van der Waals surface area contributed by atoms with Crippen LogP contribution in [0.5, 0.6) is 0 Å². The van der Waals surface area contributed by atoms with Gasteiger partial charge in [0.2, 0.25) is 5.91 Å². The van der Waals surface area contributed by atoms with E-state index in [1.807, 2.05) is 28.8 Å². The van der Waals surface area contributed by atoms with Gasteiger partial charge in [-0.15, -0.1) is 0 Å². The number of anilines is 1. The fraction of sp³-hybridized carbons (Fsp3) is 0.118. The molecule has 0 aliphatic rings. The third kappa shape index (κ3) is 2.52. The van der Waals surface area contributed by atoms with Crippen molar-refractivity contribution in [3.05, 3.63) is 54.6 Å². The monoisotopic (exact) mass is 340 g/mol. The molecule has 4 rings (SSSR count). The average molecular weight is 340 g/mol. The minimum Gasteiger partial charge on any atom is -0.318 e. The lowest BCUT2D eigenvalue weighted by Gasteiger charge is -2.13. The molecule has 7 heteroatoms. The Morgan fingerprint density at radius 3 is 2.96 bits per heavy atom. The van der Waals surface area contributed by atoms with Crippen molar-refractivity contribution in [3.63, 3.8) is 0 Å². The highest BCUT2D eigenvalue weighted by Crippen LogP contribution is 2.27. The second kappa shape index (κ2) is 5.68. The molecule has 1 unspecified atom stereocenters. The van der Waals surface area contributed by atoms with E-state index in [-0.39, 0.29) is 11.7 Å². The van der Waals surface area contributed by atoms with E-state index < -0.39 is 6.04 Å². The Labute approximate surface area is 140 Å². The quantitative estimate of drug-likeness (QED) is 0.613. The number of halogens is 1. The van der Waals surface area contributed by atoms with E-state index in [4.69, 9.17) is 0 Å². The number of carbonyl (C=O) groups is 1. The molecule has 24 heavy (non-hydrogen) atoms. The fourth-order valence-electron chi connectivity index (χ4n) is 2.57. The largest absolute Gasteiger partial charge is 0.318 e. The molecule has 2 aromatic heterocycles. The van der Waals surface area contributed by atoms with Crippen LogP contribution in [0.3, 0.4) is 0 Å². The summed E-state index contributed by atoms with van der Waals surface area (Å²) < 4.78 is 15.8. The second-order valence-corrected chi connectivity index (χ2v) is 6.47. The first-order valence-corrected chi connectivity index (χ1v) is 8.22. The van der Waals surface area contributed by atoms with Crippen LogP contribution in [-0.2, 0) is 4.79 Å². The van der Waals surface area contributed by atoms with Crippen molar-refractivity contribution in [1.82, 2.24) is 14.5 Å². The van der Waals surface area contributed by atoms with Crippen LogP contribution in [0, 0.1) is 5.82 Å². The number of fused-ring (bicyclic) bond motifs is 2. The van der Waals surface area contributed by atoms with E-state index in [0.29, 0.717) is 15.3 Å². The Morgan fingerprint density at radius 1 is 1.25 bits per heavy atom. The highest BCUT2D eigenvalue weighted by molar-refractivity contribution is 7.22. The van der Waals surface area contributed by atoms with Crippen LogP contribution >= 0.6 is 11.3 Å². The van der Waals surface area contributed by atoms with E-state index in [1.165, 1.54) is 23.5 Å². The topological polar surface area (TPSA) is 59.8 Å². The normalized spacial score (nSPS) is 12.6. The molecule has 0 radical (unpaired) electrons. The first-order chi connectivity index (χ1) is 11.6. The fourth-order valence-corrected chi connectivity index (χ4v) is 3.47. The molecule has 4 aromatic rings. The van der Waals surface area contributed by atoms with Crippen LogP contribution in [0.2, 0.25) is 0 Å². The number of para-hydroxylation sites is 2. The lowest BCUT2D eigenvalue weighted by molar-refractivity contribution is -0.118. The summed E-state index contributed by atoms with van der Waals surface area (Å²) in [5, 5.41) is 3.26. The highest BCUT2D eigenvalue weighted by atomic mass is 32.1. The molecular formula is C17H13FN4OS. The summed E-state index contributed by atoms with van der Waals surface area (Å²) in [4.78, 5) is 21.1. The lowest BCUT2D eigenvalue weighted by atomic mass is 10.2. The van der Waals surface area contributed by atoms with Gasteiger partial charge in [-0.25, -0.2) is 14.4 Å². The summed E-state index contributed by atoms with van der Waals surface area (Å²) in [7, 11) is 0. The van der Waals surface area contributed by atoms with Crippen LogP contribution in [0.25, 0.3) is 21.3 Å². The molecule has 5 nitrogen and oxygen atoms in total. The number of aromatic nitrogens is 3. The van der Waals surface area contributed by atoms with Crippen molar-refractivity contribution >= 4 is 43.6 Å². The molecule has 0 aliphatic heterocycles. The standard InChI is InChI=1S/C17H13FN4OS/c1-10(22-9-19-12-4-2-3-5-14(12)22)16(23)21-17-20-13-7-6-11(18)8-15(13)24-17/h2-10H,1H3,(H,20,21,23). The van der Waals surface area contributed by atoms with Gasteiger partial charge in [-0.05, 0) is 37.3 Å². The molecule has 0 saturated carbocycles. The lowest BCUT2D eigenvalue weighted by Crippen LogP contribution is -2.23. The Kier molecular flexibility index (Phi) is 3.50. The van der Waals surface area contributed by atoms with Gasteiger partial charge in [0, 0.05) is 0 Å². The van der Waals surface area contributed by atoms with Crippen molar-refractivity contribution in [1.29, 1.82) is 0 Å². The van der Waals surface area contributed by atoms with Gasteiger partial charge < -0.3 is 9.88 Å². The van der Waals surface area contributed by atoms with Gasteiger partial charge in [0.1, 0.15) is 11.9 Å². The zero-order chi connectivity index (χ0) is 16.7. The summed E-state index contributed by atoms with van der Waals surface area (Å²) in [5.74, 6) is -0.514. The number of hydrogen-bond donors (Lipinski definition) is 1. The van der Waals surface area contributed by atoms with Gasteiger partial charge in [-0.3, -0.25) is 4.79 Å². The maximum atomic E-state index is 13.3. The molecule has 1 atom stereocenters. The molecule has 0 aliphatic carbocycles. The first-order valence-electron chi connectivity index (χ1n) is 7.40. The van der Waals surface area contributed by atoms with E-state index >= 15 is 0 Å². The predicted molar refractivity (Wildman–Crippen MR) is 92.7 cm³/mol. The van der Waals surface area contributed by atoms with E-state index in [1.54, 1.807) is 19.3 Å². The van der Waals surface area contributed by atoms with Gasteiger partial charge in [-0.1, -0.05) is 23.5 Å². The molecule has 0 spiro atoms. The van der Waals surface area contributed by atoms with Gasteiger partial charge in [-0.2, -0.15) is 0 Å². The Bertz CT molecular complexity index is 1060. The number of carbonyl (C=O) groups excluding carboxylic acids is 1. The molecule has 1 amide bonds. The number of benzene rings is 2. The number of nitrogens with zero attached hydrogens (tertiary/aromatic N) is 3. The number of amides is 1. The SMILES string of the molecule is CC(C(=O)Nc1nc2ccc(F)cc2s1)n1cnc2ccccc21. The summed E-state index contributed by atoms with van der Waals surface area (Å²) in [6, 6.07) is 11.6. The molecular weight excluding hydrogens is 327 g/mol. The van der Waals surface area contributed by atoms with Crippen LogP contribution in [0.4, 0.5) is 9.52 Å². The van der Waals surface area contributed by atoms with Crippen molar-refractivity contribution in [3.8, 4) is 0 Å². The minimum atomic E-state index is -0.443. The summed E-state index contributed by atoms with van der Waals surface area (Å²) in [6.45, 7) is 1.80. The molecule has 0 bridgehead atoms. The van der Waals surface area contributed by atoms with Crippen molar-refractivity contribution in [2.75, 3.05) is 5.32 Å². The summed E-state index contributed by atoms with van der Waals surface area (Å²) in [6.07, 6.45) is 1.66. The van der Waals surface area contributed by atoms with Crippen molar-refractivity contribution < 1.29 is 9.18 Å². The molecule has 1 N–H and O–H groups in total. The number of imidazole rings is 1. The van der Waals surface area contributed by atoms with Crippen molar-refractivity contribution in [2.45, 2.75) is 13.0 Å². The van der Waals surface area contributed by atoms with Crippen LogP contribution < -0.4 is 5.32 Å².